The largest absolute Gasteiger partial charge is 0.151 e. The van der Waals surface area contributed by atoms with Crippen LogP contribution in [0.25, 0.3) is 0 Å². The molecule has 1 aliphatic rings. The summed E-state index contributed by atoms with van der Waals surface area (Å²) < 4.78 is 0. The molecule has 0 amide bonds. The van der Waals surface area contributed by atoms with E-state index in [1.54, 1.807) is 0 Å². The van der Waals surface area contributed by atoms with Crippen LogP contribution >= 0.6 is 0 Å². The first kappa shape index (κ1) is 8.69. The molecule has 11 heavy (non-hydrogen) atoms. The monoisotopic (exact) mass is 155 g/mol. The molecule has 1 aliphatic carbocycles. The Morgan fingerprint density at radius 3 is 2.36 bits per heavy atom. The molecule has 0 radical (unpaired) electrons. The van der Waals surface area contributed by atoms with E-state index in [0.29, 0.717) is 5.92 Å². The summed E-state index contributed by atoms with van der Waals surface area (Å²) in [7, 11) is 0. The molecule has 0 heterocycles. The minimum Gasteiger partial charge on any atom is -0.151 e. The molecule has 1 fully saturated rings. The van der Waals surface area contributed by atoms with E-state index in [9.17, 15) is 4.91 Å². The van der Waals surface area contributed by atoms with Crippen LogP contribution in [0.5, 0.6) is 0 Å². The van der Waals surface area contributed by atoms with Crippen molar-refractivity contribution in [2.75, 3.05) is 0 Å². The number of rotatable bonds is 1. The molecule has 0 aromatic heterocycles. The fourth-order valence-corrected chi connectivity index (χ4v) is 1.81. The van der Waals surface area contributed by atoms with Gasteiger partial charge in [-0.1, -0.05) is 37.8 Å². The zero-order chi connectivity index (χ0) is 8.10. The van der Waals surface area contributed by atoms with Gasteiger partial charge in [-0.25, -0.2) is 0 Å². The number of hydrogen-bond acceptors (Lipinski definition) is 2. The van der Waals surface area contributed by atoms with Gasteiger partial charge in [-0.2, -0.15) is 4.91 Å². The highest BCUT2D eigenvalue weighted by atomic mass is 16.3. The topological polar surface area (TPSA) is 29.4 Å². The summed E-state index contributed by atoms with van der Waals surface area (Å²) in [5.41, 5.74) is 0. The van der Waals surface area contributed by atoms with Gasteiger partial charge in [-0.05, 0) is 18.8 Å². The second-order valence-corrected chi connectivity index (χ2v) is 3.64. The minimum atomic E-state index is 0.107. The maximum atomic E-state index is 10.4. The summed E-state index contributed by atoms with van der Waals surface area (Å²) in [6.45, 7) is 2.15. The molecule has 0 aromatic rings. The molecule has 2 heteroatoms. The van der Waals surface area contributed by atoms with Gasteiger partial charge in [0.2, 0.25) is 0 Å². The fraction of sp³-hybridized carbons (Fsp3) is 1.00. The van der Waals surface area contributed by atoms with Gasteiger partial charge >= 0.3 is 0 Å². The third-order valence-electron chi connectivity index (χ3n) is 2.70. The Morgan fingerprint density at radius 1 is 1.09 bits per heavy atom. The van der Waals surface area contributed by atoms with Crippen LogP contribution in [0, 0.1) is 10.8 Å². The van der Waals surface area contributed by atoms with E-state index in [4.69, 9.17) is 0 Å². The Hall–Kier alpha value is -0.400. The van der Waals surface area contributed by atoms with Crippen molar-refractivity contribution >= 4 is 0 Å². The average Bonchev–Trinajstić information content (AvgIpc) is 1.98. The molecule has 0 bridgehead atoms. The van der Waals surface area contributed by atoms with Gasteiger partial charge in [-0.3, -0.25) is 0 Å². The predicted octanol–water partition coefficient (Wildman–Crippen LogP) is 3.11. The average molecular weight is 155 g/mol. The molecule has 0 aromatic carbocycles. The quantitative estimate of drug-likeness (QED) is 0.535. The third kappa shape index (κ3) is 2.60. The zero-order valence-electron chi connectivity index (χ0n) is 7.25. The van der Waals surface area contributed by atoms with E-state index >= 15 is 0 Å². The van der Waals surface area contributed by atoms with Crippen molar-refractivity contribution in [2.45, 2.75) is 51.5 Å². The maximum Gasteiger partial charge on any atom is 0.0945 e. The van der Waals surface area contributed by atoms with E-state index in [-0.39, 0.29) is 6.04 Å². The maximum absolute atomic E-state index is 10.4. The molecule has 0 saturated heterocycles. The van der Waals surface area contributed by atoms with Crippen LogP contribution in [0.15, 0.2) is 5.18 Å². The Labute approximate surface area is 68.3 Å². The molecule has 1 rings (SSSR count). The summed E-state index contributed by atoms with van der Waals surface area (Å²) >= 11 is 0. The highest BCUT2D eigenvalue weighted by Gasteiger charge is 2.18. The van der Waals surface area contributed by atoms with E-state index in [0.717, 1.165) is 6.42 Å². The van der Waals surface area contributed by atoms with Crippen molar-refractivity contribution in [1.29, 1.82) is 0 Å². The van der Waals surface area contributed by atoms with Gasteiger partial charge in [0.05, 0.1) is 6.04 Å². The van der Waals surface area contributed by atoms with Crippen LogP contribution in [0.2, 0.25) is 0 Å². The van der Waals surface area contributed by atoms with Crippen molar-refractivity contribution in [2.24, 2.45) is 11.1 Å². The van der Waals surface area contributed by atoms with Crippen molar-refractivity contribution in [3.05, 3.63) is 4.91 Å². The summed E-state index contributed by atoms with van der Waals surface area (Å²) in [6.07, 6.45) is 7.32. The Morgan fingerprint density at radius 2 is 1.73 bits per heavy atom. The van der Waals surface area contributed by atoms with Gasteiger partial charge in [-0.15, -0.1) is 0 Å². The number of hydrogen-bond donors (Lipinski definition) is 0. The Kier molecular flexibility index (Phi) is 3.53. The molecular formula is C9H17NO. The lowest BCUT2D eigenvalue weighted by Gasteiger charge is -2.19. The van der Waals surface area contributed by atoms with E-state index < -0.39 is 0 Å². The molecule has 0 aliphatic heterocycles. The van der Waals surface area contributed by atoms with Crippen molar-refractivity contribution < 1.29 is 0 Å². The molecule has 2 nitrogen and oxygen atoms in total. The summed E-state index contributed by atoms with van der Waals surface area (Å²) in [4.78, 5) is 10.4. The van der Waals surface area contributed by atoms with Crippen molar-refractivity contribution in [1.82, 2.24) is 0 Å². The summed E-state index contributed by atoms with van der Waals surface area (Å²) in [5, 5.41) is 3.18. The zero-order valence-corrected chi connectivity index (χ0v) is 7.25. The first-order valence-corrected chi connectivity index (χ1v) is 4.67. The lowest BCUT2D eigenvalue weighted by atomic mass is 9.89. The molecule has 64 valence electrons. The molecule has 2 unspecified atom stereocenters. The van der Waals surface area contributed by atoms with E-state index in [1.807, 2.05) is 0 Å². The molecule has 2 atom stereocenters. The number of nitroso groups, excluding NO2 is 1. The van der Waals surface area contributed by atoms with Crippen LogP contribution in [0.1, 0.15) is 45.4 Å². The predicted molar refractivity (Wildman–Crippen MR) is 46.4 cm³/mol. The van der Waals surface area contributed by atoms with Crippen LogP contribution in [0.3, 0.4) is 0 Å². The first-order chi connectivity index (χ1) is 5.34. The SMILES string of the molecule is CC1CCCCCCC1N=O. The second kappa shape index (κ2) is 4.47. The van der Waals surface area contributed by atoms with E-state index in [1.165, 1.54) is 32.1 Å². The second-order valence-electron chi connectivity index (χ2n) is 3.64. The lowest BCUT2D eigenvalue weighted by molar-refractivity contribution is 0.353. The van der Waals surface area contributed by atoms with E-state index in [2.05, 4.69) is 12.1 Å². The van der Waals surface area contributed by atoms with Gasteiger partial charge in [0.1, 0.15) is 0 Å². The smallest absolute Gasteiger partial charge is 0.0945 e. The van der Waals surface area contributed by atoms with Gasteiger partial charge in [0, 0.05) is 0 Å². The highest BCUT2D eigenvalue weighted by molar-refractivity contribution is 4.74. The van der Waals surface area contributed by atoms with Crippen LogP contribution in [-0.4, -0.2) is 6.04 Å². The third-order valence-corrected chi connectivity index (χ3v) is 2.70. The highest BCUT2D eigenvalue weighted by Crippen LogP contribution is 2.24. The molecule has 0 spiro atoms. The van der Waals surface area contributed by atoms with Gasteiger partial charge in [0.25, 0.3) is 0 Å². The fourth-order valence-electron chi connectivity index (χ4n) is 1.81. The summed E-state index contributed by atoms with van der Waals surface area (Å²) in [5.74, 6) is 0.521. The van der Waals surface area contributed by atoms with Gasteiger partial charge < -0.3 is 0 Å². The summed E-state index contributed by atoms with van der Waals surface area (Å²) in [6, 6.07) is 0.107. The number of nitrogens with zero attached hydrogens (tertiary/aromatic N) is 1. The van der Waals surface area contributed by atoms with Crippen molar-refractivity contribution in [3.63, 3.8) is 0 Å². The molecule has 1 saturated carbocycles. The minimum absolute atomic E-state index is 0.107. The first-order valence-electron chi connectivity index (χ1n) is 4.67. The Balaban J connectivity index is 2.39. The van der Waals surface area contributed by atoms with Crippen LogP contribution in [-0.2, 0) is 0 Å². The van der Waals surface area contributed by atoms with Crippen molar-refractivity contribution in [3.8, 4) is 0 Å². The Bertz CT molecular complexity index is 125. The van der Waals surface area contributed by atoms with Gasteiger partial charge in [0.15, 0.2) is 0 Å². The van der Waals surface area contributed by atoms with Crippen LogP contribution in [0.4, 0.5) is 0 Å². The van der Waals surface area contributed by atoms with Crippen LogP contribution < -0.4 is 0 Å². The molecule has 0 N–H and O–H groups in total. The normalized spacial score (nSPS) is 33.9. The lowest BCUT2D eigenvalue weighted by Crippen LogP contribution is -2.16. The standard InChI is InChI=1S/C9H17NO/c1-8-6-4-2-3-5-7-9(8)10-11/h8-9H,2-7H2,1H3. The molecular weight excluding hydrogens is 138 g/mol.